The van der Waals surface area contributed by atoms with Crippen LogP contribution in [0.25, 0.3) is 10.8 Å². The standard InChI is InChI=1S/C21H21NO5S/c1-3-27-21(23)15-22(18-9-6-10-19(14-18)26-2)28(24,25)20-12-11-16-7-4-5-8-17(16)13-20/h4-14H,3,15H2,1-2H3. The van der Waals surface area contributed by atoms with E-state index in [0.29, 0.717) is 11.4 Å². The smallest absolute Gasteiger partial charge is 0.326 e. The van der Waals surface area contributed by atoms with Crippen molar-refractivity contribution in [1.82, 2.24) is 0 Å². The number of sulfonamides is 1. The van der Waals surface area contributed by atoms with Crippen LogP contribution in [0.4, 0.5) is 5.69 Å². The summed E-state index contributed by atoms with van der Waals surface area (Å²) in [6.45, 7) is 1.41. The molecule has 0 N–H and O–H groups in total. The minimum absolute atomic E-state index is 0.0957. The first-order valence-electron chi connectivity index (χ1n) is 8.77. The summed E-state index contributed by atoms with van der Waals surface area (Å²) in [5.41, 5.74) is 0.320. The zero-order chi connectivity index (χ0) is 20.1. The lowest BCUT2D eigenvalue weighted by Crippen LogP contribution is -2.36. The number of nitrogens with zero attached hydrogens (tertiary/aromatic N) is 1. The fraction of sp³-hybridized carbons (Fsp3) is 0.190. The predicted molar refractivity (Wildman–Crippen MR) is 108 cm³/mol. The summed E-state index contributed by atoms with van der Waals surface area (Å²) in [5, 5.41) is 1.73. The average Bonchev–Trinajstić information content (AvgIpc) is 2.71. The van der Waals surface area contributed by atoms with Gasteiger partial charge in [0.1, 0.15) is 12.3 Å². The Morgan fingerprint density at radius 2 is 1.71 bits per heavy atom. The first-order valence-corrected chi connectivity index (χ1v) is 10.2. The Morgan fingerprint density at radius 1 is 0.964 bits per heavy atom. The van der Waals surface area contributed by atoms with Crippen LogP contribution >= 0.6 is 0 Å². The summed E-state index contributed by atoms with van der Waals surface area (Å²) >= 11 is 0. The Hall–Kier alpha value is -3.06. The van der Waals surface area contributed by atoms with Crippen LogP contribution < -0.4 is 9.04 Å². The Labute approximate surface area is 164 Å². The highest BCUT2D eigenvalue weighted by atomic mass is 32.2. The van der Waals surface area contributed by atoms with Crippen LogP contribution in [-0.4, -0.2) is 34.6 Å². The maximum atomic E-state index is 13.4. The van der Waals surface area contributed by atoms with Crippen molar-refractivity contribution in [3.05, 3.63) is 66.7 Å². The van der Waals surface area contributed by atoms with Crippen LogP contribution in [0.3, 0.4) is 0 Å². The van der Waals surface area contributed by atoms with Gasteiger partial charge in [0, 0.05) is 6.07 Å². The number of fused-ring (bicyclic) bond motifs is 1. The van der Waals surface area contributed by atoms with E-state index in [9.17, 15) is 13.2 Å². The molecule has 0 aliphatic heterocycles. The molecule has 0 radical (unpaired) electrons. The molecule has 0 aliphatic rings. The van der Waals surface area contributed by atoms with E-state index in [-0.39, 0.29) is 11.5 Å². The quantitative estimate of drug-likeness (QED) is 0.568. The summed E-state index contributed by atoms with van der Waals surface area (Å²) in [6.07, 6.45) is 0. The number of benzene rings is 3. The molecule has 146 valence electrons. The fourth-order valence-corrected chi connectivity index (χ4v) is 4.30. The van der Waals surface area contributed by atoms with Crippen LogP contribution in [0, 0.1) is 0 Å². The van der Waals surface area contributed by atoms with E-state index in [1.54, 1.807) is 43.3 Å². The molecular weight excluding hydrogens is 378 g/mol. The van der Waals surface area contributed by atoms with Gasteiger partial charge in [0.05, 0.1) is 24.3 Å². The molecule has 6 nitrogen and oxygen atoms in total. The van der Waals surface area contributed by atoms with Gasteiger partial charge in [-0.2, -0.15) is 0 Å². The molecule has 7 heteroatoms. The average molecular weight is 399 g/mol. The number of hydrogen-bond donors (Lipinski definition) is 0. The SMILES string of the molecule is CCOC(=O)CN(c1cccc(OC)c1)S(=O)(=O)c1ccc2ccccc2c1. The van der Waals surface area contributed by atoms with E-state index in [1.165, 1.54) is 13.2 Å². The van der Waals surface area contributed by atoms with E-state index in [0.717, 1.165) is 15.1 Å². The molecule has 0 fully saturated rings. The van der Waals surface area contributed by atoms with Crippen molar-refractivity contribution in [2.24, 2.45) is 0 Å². The molecule has 0 amide bonds. The fourth-order valence-electron chi connectivity index (χ4n) is 2.86. The molecule has 0 atom stereocenters. The zero-order valence-electron chi connectivity index (χ0n) is 15.7. The van der Waals surface area contributed by atoms with Gasteiger partial charge < -0.3 is 9.47 Å². The first kappa shape index (κ1) is 19.7. The lowest BCUT2D eigenvalue weighted by Gasteiger charge is -2.24. The number of hydrogen-bond acceptors (Lipinski definition) is 5. The summed E-state index contributed by atoms with van der Waals surface area (Å²) in [7, 11) is -2.51. The molecule has 0 saturated heterocycles. The number of anilines is 1. The third-order valence-corrected chi connectivity index (χ3v) is 6.00. The topological polar surface area (TPSA) is 72.9 Å². The molecule has 0 heterocycles. The van der Waals surface area contributed by atoms with Gasteiger partial charge in [-0.05, 0) is 42.0 Å². The van der Waals surface area contributed by atoms with E-state index < -0.39 is 22.5 Å². The van der Waals surface area contributed by atoms with Crippen LogP contribution in [-0.2, 0) is 19.6 Å². The lowest BCUT2D eigenvalue weighted by atomic mass is 10.1. The predicted octanol–water partition coefficient (Wildman–Crippen LogP) is 3.61. The maximum Gasteiger partial charge on any atom is 0.326 e. The van der Waals surface area contributed by atoms with E-state index in [1.807, 2.05) is 24.3 Å². The Morgan fingerprint density at radius 3 is 2.43 bits per heavy atom. The number of carbonyl (C=O) groups is 1. The van der Waals surface area contributed by atoms with Gasteiger partial charge in [-0.1, -0.05) is 36.4 Å². The second-order valence-corrected chi connectivity index (χ2v) is 7.89. The first-order chi connectivity index (χ1) is 13.5. The summed E-state index contributed by atoms with van der Waals surface area (Å²) in [5.74, 6) is -0.144. The molecule has 0 unspecified atom stereocenters. The largest absolute Gasteiger partial charge is 0.497 e. The second-order valence-electron chi connectivity index (χ2n) is 6.03. The molecule has 0 bridgehead atoms. The highest BCUT2D eigenvalue weighted by Gasteiger charge is 2.28. The number of ether oxygens (including phenoxy) is 2. The molecule has 28 heavy (non-hydrogen) atoms. The van der Waals surface area contributed by atoms with Gasteiger partial charge in [-0.15, -0.1) is 0 Å². The van der Waals surface area contributed by atoms with E-state index >= 15 is 0 Å². The van der Waals surface area contributed by atoms with Gasteiger partial charge in [0.15, 0.2) is 0 Å². The highest BCUT2D eigenvalue weighted by Crippen LogP contribution is 2.28. The molecule has 0 aromatic heterocycles. The minimum atomic E-state index is -4.01. The summed E-state index contributed by atoms with van der Waals surface area (Å²) in [6, 6.07) is 18.9. The second kappa shape index (κ2) is 8.31. The Bertz CT molecular complexity index is 1090. The molecule has 0 saturated carbocycles. The van der Waals surface area contributed by atoms with Crippen molar-refractivity contribution >= 4 is 32.5 Å². The number of rotatable bonds is 7. The van der Waals surface area contributed by atoms with Crippen LogP contribution in [0.1, 0.15) is 6.92 Å². The number of carbonyl (C=O) groups excluding carboxylic acids is 1. The normalized spacial score (nSPS) is 11.2. The third-order valence-electron chi connectivity index (χ3n) is 4.23. The van der Waals surface area contributed by atoms with Crippen LogP contribution in [0.5, 0.6) is 5.75 Å². The van der Waals surface area contributed by atoms with Crippen LogP contribution in [0.2, 0.25) is 0 Å². The molecule has 0 spiro atoms. The van der Waals surface area contributed by atoms with Crippen molar-refractivity contribution in [2.45, 2.75) is 11.8 Å². The molecule has 3 rings (SSSR count). The maximum absolute atomic E-state index is 13.4. The summed E-state index contributed by atoms with van der Waals surface area (Å²) < 4.78 is 38.0. The Kier molecular flexibility index (Phi) is 5.84. The van der Waals surface area contributed by atoms with Gasteiger partial charge in [-0.3, -0.25) is 9.10 Å². The van der Waals surface area contributed by atoms with Gasteiger partial charge in [0.25, 0.3) is 10.0 Å². The number of methoxy groups -OCH3 is 1. The lowest BCUT2D eigenvalue weighted by molar-refractivity contribution is -0.141. The van der Waals surface area contributed by atoms with Gasteiger partial charge in [-0.25, -0.2) is 8.42 Å². The van der Waals surface area contributed by atoms with Crippen LogP contribution in [0.15, 0.2) is 71.6 Å². The van der Waals surface area contributed by atoms with E-state index in [4.69, 9.17) is 9.47 Å². The van der Waals surface area contributed by atoms with E-state index in [2.05, 4.69) is 0 Å². The monoisotopic (exact) mass is 399 g/mol. The molecule has 0 aliphatic carbocycles. The van der Waals surface area contributed by atoms with Crippen molar-refractivity contribution in [3.8, 4) is 5.75 Å². The highest BCUT2D eigenvalue weighted by molar-refractivity contribution is 7.92. The van der Waals surface area contributed by atoms with Crippen molar-refractivity contribution in [1.29, 1.82) is 0 Å². The van der Waals surface area contributed by atoms with Crippen molar-refractivity contribution < 1.29 is 22.7 Å². The van der Waals surface area contributed by atoms with Crippen molar-refractivity contribution in [2.75, 3.05) is 24.6 Å². The molecule has 3 aromatic carbocycles. The van der Waals surface area contributed by atoms with Gasteiger partial charge >= 0.3 is 5.97 Å². The van der Waals surface area contributed by atoms with Crippen molar-refractivity contribution in [3.63, 3.8) is 0 Å². The molecular formula is C21H21NO5S. The summed E-state index contributed by atoms with van der Waals surface area (Å²) in [4.78, 5) is 12.2. The molecule has 3 aromatic rings. The third kappa shape index (κ3) is 4.09. The minimum Gasteiger partial charge on any atom is -0.497 e. The number of esters is 1. The Balaban J connectivity index is 2.09. The van der Waals surface area contributed by atoms with Gasteiger partial charge in [0.2, 0.25) is 0 Å². The zero-order valence-corrected chi connectivity index (χ0v) is 16.5.